The molecule has 0 radical (unpaired) electrons. The Labute approximate surface area is 139 Å². The fourth-order valence-electron chi connectivity index (χ4n) is 3.73. The first kappa shape index (κ1) is 14.9. The third-order valence-electron chi connectivity index (χ3n) is 5.18. The lowest BCUT2D eigenvalue weighted by molar-refractivity contribution is -0.132. The molecule has 1 aromatic heterocycles. The van der Waals surface area contributed by atoms with Gasteiger partial charge in [-0.05, 0) is 37.8 Å². The van der Waals surface area contributed by atoms with E-state index in [-0.39, 0.29) is 18.5 Å². The first-order valence-electron chi connectivity index (χ1n) is 8.13. The van der Waals surface area contributed by atoms with Gasteiger partial charge in [0.15, 0.2) is 0 Å². The van der Waals surface area contributed by atoms with E-state index in [0.717, 1.165) is 17.5 Å². The number of urea groups is 1. The van der Waals surface area contributed by atoms with Gasteiger partial charge in [0.1, 0.15) is 11.3 Å². The van der Waals surface area contributed by atoms with Crippen molar-refractivity contribution < 1.29 is 14.1 Å². The number of aromatic nitrogens is 1. The molecule has 2 heterocycles. The maximum atomic E-state index is 13.0. The largest absolute Gasteiger partial charge is 0.361 e. The van der Waals surface area contributed by atoms with Crippen LogP contribution in [0.3, 0.4) is 0 Å². The van der Waals surface area contributed by atoms with Crippen LogP contribution in [0, 0.1) is 13.8 Å². The fourth-order valence-corrected chi connectivity index (χ4v) is 3.73. The van der Waals surface area contributed by atoms with Crippen LogP contribution in [0.5, 0.6) is 0 Å². The molecule has 1 aromatic carbocycles. The quantitative estimate of drug-likeness (QED) is 0.860. The van der Waals surface area contributed by atoms with Gasteiger partial charge in [-0.2, -0.15) is 0 Å². The summed E-state index contributed by atoms with van der Waals surface area (Å²) in [5.41, 5.74) is 3.09. The van der Waals surface area contributed by atoms with Crippen LogP contribution in [-0.2, 0) is 24.2 Å². The van der Waals surface area contributed by atoms with Crippen molar-refractivity contribution in [3.8, 4) is 0 Å². The van der Waals surface area contributed by atoms with Crippen molar-refractivity contribution in [3.05, 3.63) is 52.4 Å². The summed E-state index contributed by atoms with van der Waals surface area (Å²) in [4.78, 5) is 26.8. The van der Waals surface area contributed by atoms with E-state index in [1.54, 1.807) is 6.92 Å². The summed E-state index contributed by atoms with van der Waals surface area (Å²) in [6, 6.07) is 7.77. The molecule has 4 rings (SSSR count). The Morgan fingerprint density at radius 1 is 1.25 bits per heavy atom. The number of carbonyl (C=O) groups excluding carboxylic acids is 2. The molecule has 1 aliphatic carbocycles. The SMILES string of the molecule is Cc1noc(C)c1CN1C(=O)N[C@]2(CCc3ccccc3C2)C1=O. The first-order chi connectivity index (χ1) is 11.5. The maximum Gasteiger partial charge on any atom is 0.325 e. The summed E-state index contributed by atoms with van der Waals surface area (Å²) in [6.45, 7) is 3.81. The molecule has 2 aromatic rings. The lowest BCUT2D eigenvalue weighted by atomic mass is 9.78. The topological polar surface area (TPSA) is 75.4 Å². The van der Waals surface area contributed by atoms with E-state index < -0.39 is 5.54 Å². The van der Waals surface area contributed by atoms with Crippen LogP contribution in [0.25, 0.3) is 0 Å². The highest BCUT2D eigenvalue weighted by Crippen LogP contribution is 2.34. The van der Waals surface area contributed by atoms with E-state index in [9.17, 15) is 9.59 Å². The number of carbonyl (C=O) groups is 2. The van der Waals surface area contributed by atoms with E-state index in [4.69, 9.17) is 4.52 Å². The second kappa shape index (κ2) is 5.19. The minimum Gasteiger partial charge on any atom is -0.361 e. The molecule has 2 aliphatic rings. The van der Waals surface area contributed by atoms with Crippen molar-refractivity contribution in [3.63, 3.8) is 0 Å². The van der Waals surface area contributed by atoms with Crippen molar-refractivity contribution in [2.75, 3.05) is 0 Å². The molecule has 0 saturated carbocycles. The van der Waals surface area contributed by atoms with Crippen LogP contribution in [0.1, 0.15) is 34.6 Å². The number of fused-ring (bicyclic) bond motifs is 1. The zero-order valence-corrected chi connectivity index (χ0v) is 13.8. The van der Waals surface area contributed by atoms with Gasteiger partial charge in [0.05, 0.1) is 12.2 Å². The number of amides is 3. The molecule has 1 aliphatic heterocycles. The van der Waals surface area contributed by atoms with Crippen LogP contribution in [0.15, 0.2) is 28.8 Å². The van der Waals surface area contributed by atoms with E-state index in [1.807, 2.05) is 25.1 Å². The standard InChI is InChI=1S/C18H19N3O3/c1-11-15(12(2)24-20-11)10-21-16(22)18(19-17(21)23)8-7-13-5-3-4-6-14(13)9-18/h3-6H,7-10H2,1-2H3,(H,19,23)/t18-/m0/s1. The smallest absolute Gasteiger partial charge is 0.325 e. The average Bonchev–Trinajstić information content (AvgIpc) is 3.00. The third-order valence-corrected chi connectivity index (χ3v) is 5.18. The molecule has 6 heteroatoms. The van der Waals surface area contributed by atoms with Gasteiger partial charge in [0.25, 0.3) is 5.91 Å². The Morgan fingerprint density at radius 3 is 2.71 bits per heavy atom. The number of imide groups is 1. The van der Waals surface area contributed by atoms with Gasteiger partial charge in [-0.3, -0.25) is 9.69 Å². The molecular weight excluding hydrogens is 306 g/mol. The average molecular weight is 325 g/mol. The minimum atomic E-state index is -0.815. The molecule has 0 unspecified atom stereocenters. The predicted molar refractivity (Wildman–Crippen MR) is 86.3 cm³/mol. The first-order valence-corrected chi connectivity index (χ1v) is 8.13. The Bertz CT molecular complexity index is 822. The molecule has 3 amide bonds. The molecule has 6 nitrogen and oxygen atoms in total. The van der Waals surface area contributed by atoms with Crippen LogP contribution in [-0.4, -0.2) is 27.5 Å². The number of hydrogen-bond acceptors (Lipinski definition) is 4. The molecule has 1 fully saturated rings. The van der Waals surface area contributed by atoms with Crippen molar-refractivity contribution in [1.29, 1.82) is 0 Å². The van der Waals surface area contributed by atoms with Crippen LogP contribution < -0.4 is 5.32 Å². The van der Waals surface area contributed by atoms with Gasteiger partial charge in [0, 0.05) is 12.0 Å². The summed E-state index contributed by atoms with van der Waals surface area (Å²) < 4.78 is 5.14. The van der Waals surface area contributed by atoms with Gasteiger partial charge in [0.2, 0.25) is 0 Å². The molecular formula is C18H19N3O3. The van der Waals surface area contributed by atoms with Gasteiger partial charge in [-0.1, -0.05) is 29.4 Å². The van der Waals surface area contributed by atoms with E-state index >= 15 is 0 Å². The normalized spacial score (nSPS) is 22.8. The lowest BCUT2D eigenvalue weighted by Gasteiger charge is -2.32. The van der Waals surface area contributed by atoms with E-state index in [0.29, 0.717) is 24.3 Å². The molecule has 1 saturated heterocycles. The number of aryl methyl sites for hydroxylation is 3. The Kier molecular flexibility index (Phi) is 3.23. The highest BCUT2D eigenvalue weighted by atomic mass is 16.5. The van der Waals surface area contributed by atoms with Crippen molar-refractivity contribution in [1.82, 2.24) is 15.4 Å². The molecule has 24 heavy (non-hydrogen) atoms. The summed E-state index contributed by atoms with van der Waals surface area (Å²) in [6.07, 6.45) is 1.97. The zero-order valence-electron chi connectivity index (χ0n) is 13.8. The molecule has 1 spiro atoms. The highest BCUT2D eigenvalue weighted by molar-refractivity contribution is 6.07. The lowest BCUT2D eigenvalue weighted by Crippen LogP contribution is -2.51. The molecule has 124 valence electrons. The van der Waals surface area contributed by atoms with Gasteiger partial charge in [-0.25, -0.2) is 4.79 Å². The molecule has 1 N–H and O–H groups in total. The monoisotopic (exact) mass is 325 g/mol. The predicted octanol–water partition coefficient (Wildman–Crippen LogP) is 2.27. The Hall–Kier alpha value is -2.63. The fraction of sp³-hybridized carbons (Fsp3) is 0.389. The maximum absolute atomic E-state index is 13.0. The van der Waals surface area contributed by atoms with Crippen molar-refractivity contribution in [2.24, 2.45) is 0 Å². The summed E-state index contributed by atoms with van der Waals surface area (Å²) in [5, 5.41) is 6.85. The molecule has 1 atom stereocenters. The summed E-state index contributed by atoms with van der Waals surface area (Å²) in [5.74, 6) is 0.491. The van der Waals surface area contributed by atoms with Gasteiger partial charge < -0.3 is 9.84 Å². The number of rotatable bonds is 2. The summed E-state index contributed by atoms with van der Waals surface area (Å²) >= 11 is 0. The second-order valence-electron chi connectivity index (χ2n) is 6.65. The van der Waals surface area contributed by atoms with Crippen molar-refractivity contribution >= 4 is 11.9 Å². The minimum absolute atomic E-state index is 0.151. The van der Waals surface area contributed by atoms with Crippen LogP contribution >= 0.6 is 0 Å². The number of nitrogens with one attached hydrogen (secondary N) is 1. The van der Waals surface area contributed by atoms with Gasteiger partial charge >= 0.3 is 6.03 Å². The number of nitrogens with zero attached hydrogens (tertiary/aromatic N) is 2. The highest BCUT2D eigenvalue weighted by Gasteiger charge is 2.52. The zero-order chi connectivity index (χ0) is 16.9. The van der Waals surface area contributed by atoms with Crippen LogP contribution in [0.4, 0.5) is 4.79 Å². The summed E-state index contributed by atoms with van der Waals surface area (Å²) in [7, 11) is 0. The molecule has 0 bridgehead atoms. The van der Waals surface area contributed by atoms with E-state index in [2.05, 4.69) is 16.5 Å². The van der Waals surface area contributed by atoms with Crippen LogP contribution in [0.2, 0.25) is 0 Å². The number of benzene rings is 1. The van der Waals surface area contributed by atoms with Gasteiger partial charge in [-0.15, -0.1) is 0 Å². The number of hydrogen-bond donors (Lipinski definition) is 1. The van der Waals surface area contributed by atoms with Crippen molar-refractivity contribution in [2.45, 2.75) is 45.2 Å². The Balaban J connectivity index is 1.63. The second-order valence-corrected chi connectivity index (χ2v) is 6.65. The third kappa shape index (κ3) is 2.13. The Morgan fingerprint density at radius 2 is 2.00 bits per heavy atom. The van der Waals surface area contributed by atoms with E-state index in [1.165, 1.54) is 10.5 Å².